The van der Waals surface area contributed by atoms with Gasteiger partial charge >= 0.3 is 0 Å². The van der Waals surface area contributed by atoms with Crippen LogP contribution in [0.5, 0.6) is 5.75 Å². The molecule has 0 saturated heterocycles. The van der Waals surface area contributed by atoms with E-state index in [0.717, 1.165) is 28.2 Å². The Morgan fingerprint density at radius 1 is 1.00 bits per heavy atom. The van der Waals surface area contributed by atoms with Gasteiger partial charge in [0, 0.05) is 22.6 Å². The smallest absolute Gasteiger partial charge is 0.277 e. The van der Waals surface area contributed by atoms with Crippen LogP contribution in [-0.4, -0.2) is 23.3 Å². The number of benzene rings is 2. The quantitative estimate of drug-likeness (QED) is 0.497. The highest BCUT2D eigenvalue weighted by Crippen LogP contribution is 2.22. The Labute approximate surface area is 172 Å². The van der Waals surface area contributed by atoms with E-state index in [2.05, 4.69) is 60.1 Å². The van der Waals surface area contributed by atoms with Crippen molar-refractivity contribution in [1.82, 2.24) is 9.99 Å². The maximum Gasteiger partial charge on any atom is 0.277 e. The predicted molar refractivity (Wildman–Crippen MR) is 117 cm³/mol. The van der Waals surface area contributed by atoms with Gasteiger partial charge in [0.05, 0.1) is 6.21 Å². The van der Waals surface area contributed by atoms with Crippen molar-refractivity contribution in [2.45, 2.75) is 34.6 Å². The molecule has 0 fully saturated rings. The molecule has 0 bridgehead atoms. The van der Waals surface area contributed by atoms with Crippen LogP contribution in [0.2, 0.25) is 0 Å². The van der Waals surface area contributed by atoms with Crippen LogP contribution in [0.25, 0.3) is 5.69 Å². The van der Waals surface area contributed by atoms with Crippen LogP contribution in [0.3, 0.4) is 0 Å². The van der Waals surface area contributed by atoms with Crippen LogP contribution >= 0.6 is 0 Å². The number of aryl methyl sites for hydroxylation is 4. The van der Waals surface area contributed by atoms with E-state index in [-0.39, 0.29) is 12.5 Å². The number of nitrogens with one attached hydrogen (secondary N) is 1. The Bertz CT molecular complexity index is 1060. The summed E-state index contributed by atoms with van der Waals surface area (Å²) in [5.41, 5.74) is 10.3. The van der Waals surface area contributed by atoms with Crippen LogP contribution in [0.1, 0.15) is 33.6 Å². The lowest BCUT2D eigenvalue weighted by Gasteiger charge is -2.11. The molecule has 0 atom stereocenters. The van der Waals surface area contributed by atoms with E-state index in [1.165, 1.54) is 11.1 Å². The summed E-state index contributed by atoms with van der Waals surface area (Å²) in [7, 11) is 0. The second-order valence-corrected chi connectivity index (χ2v) is 7.28. The molecular weight excluding hydrogens is 362 g/mol. The number of nitrogens with zero attached hydrogens (tertiary/aromatic N) is 2. The zero-order chi connectivity index (χ0) is 21.0. The molecule has 0 unspecified atom stereocenters. The standard InChI is InChI=1S/C24H27N3O2/c1-16-10-11-22(12-18(16)3)27-19(4)13-21(20(27)5)14-25-26-24(28)15-29-23-9-7-6-8-17(23)2/h6-14H,15H2,1-5H3,(H,26,28)/b25-14+. The van der Waals surface area contributed by atoms with Crippen molar-refractivity contribution in [3.8, 4) is 11.4 Å². The Balaban J connectivity index is 1.66. The first-order chi connectivity index (χ1) is 13.9. The molecular formula is C24H27N3O2. The first kappa shape index (κ1) is 20.4. The fraction of sp³-hybridized carbons (Fsp3) is 0.250. The summed E-state index contributed by atoms with van der Waals surface area (Å²) in [4.78, 5) is 12.0. The van der Waals surface area contributed by atoms with Gasteiger partial charge in [-0.1, -0.05) is 24.3 Å². The van der Waals surface area contributed by atoms with Crippen LogP contribution in [0.4, 0.5) is 0 Å². The highest BCUT2D eigenvalue weighted by molar-refractivity contribution is 5.84. The number of carbonyl (C=O) groups is 1. The van der Waals surface area contributed by atoms with Gasteiger partial charge in [-0.3, -0.25) is 4.79 Å². The third-order valence-corrected chi connectivity index (χ3v) is 5.06. The molecule has 1 amide bonds. The number of para-hydroxylation sites is 1. The Hall–Kier alpha value is -3.34. The van der Waals surface area contributed by atoms with E-state index >= 15 is 0 Å². The molecule has 2 aromatic carbocycles. The number of hydrazone groups is 1. The lowest BCUT2D eigenvalue weighted by Crippen LogP contribution is -2.24. The van der Waals surface area contributed by atoms with Gasteiger partial charge < -0.3 is 9.30 Å². The molecule has 1 N–H and O–H groups in total. The minimum atomic E-state index is -0.299. The fourth-order valence-electron chi connectivity index (χ4n) is 3.25. The molecule has 5 heteroatoms. The largest absolute Gasteiger partial charge is 0.483 e. The Morgan fingerprint density at radius 3 is 2.48 bits per heavy atom. The van der Waals surface area contributed by atoms with Gasteiger partial charge in [-0.25, -0.2) is 5.43 Å². The van der Waals surface area contributed by atoms with Crippen molar-refractivity contribution >= 4 is 12.1 Å². The van der Waals surface area contributed by atoms with Crippen LogP contribution in [0, 0.1) is 34.6 Å². The van der Waals surface area contributed by atoms with E-state index in [1.54, 1.807) is 6.21 Å². The lowest BCUT2D eigenvalue weighted by atomic mass is 10.1. The topological polar surface area (TPSA) is 55.6 Å². The zero-order valence-corrected chi connectivity index (χ0v) is 17.6. The fourth-order valence-corrected chi connectivity index (χ4v) is 3.25. The zero-order valence-electron chi connectivity index (χ0n) is 17.6. The molecule has 0 aliphatic carbocycles. The van der Waals surface area contributed by atoms with Crippen molar-refractivity contribution < 1.29 is 9.53 Å². The highest BCUT2D eigenvalue weighted by atomic mass is 16.5. The van der Waals surface area contributed by atoms with E-state index in [0.29, 0.717) is 5.75 Å². The maximum absolute atomic E-state index is 12.0. The van der Waals surface area contributed by atoms with Gasteiger partial charge in [0.25, 0.3) is 5.91 Å². The number of ether oxygens (including phenoxy) is 1. The van der Waals surface area contributed by atoms with E-state index < -0.39 is 0 Å². The van der Waals surface area contributed by atoms with Gasteiger partial charge in [0.15, 0.2) is 6.61 Å². The first-order valence-corrected chi connectivity index (χ1v) is 9.63. The second-order valence-electron chi connectivity index (χ2n) is 7.28. The molecule has 150 valence electrons. The van der Waals surface area contributed by atoms with Crippen molar-refractivity contribution in [3.63, 3.8) is 0 Å². The average molecular weight is 389 g/mol. The number of amides is 1. The number of aromatic nitrogens is 1. The molecule has 1 aromatic heterocycles. The summed E-state index contributed by atoms with van der Waals surface area (Å²) in [5.74, 6) is 0.399. The van der Waals surface area contributed by atoms with Gasteiger partial charge in [0.1, 0.15) is 5.75 Å². The molecule has 3 aromatic rings. The molecule has 0 saturated carbocycles. The van der Waals surface area contributed by atoms with Gasteiger partial charge in [-0.15, -0.1) is 0 Å². The predicted octanol–water partition coefficient (Wildman–Crippen LogP) is 4.55. The molecule has 0 aliphatic rings. The van der Waals surface area contributed by atoms with Crippen molar-refractivity contribution in [3.05, 3.63) is 82.2 Å². The van der Waals surface area contributed by atoms with Crippen LogP contribution < -0.4 is 10.2 Å². The lowest BCUT2D eigenvalue weighted by molar-refractivity contribution is -0.123. The molecule has 0 aliphatic heterocycles. The second kappa shape index (κ2) is 8.78. The minimum Gasteiger partial charge on any atom is -0.483 e. The van der Waals surface area contributed by atoms with Crippen molar-refractivity contribution in [1.29, 1.82) is 0 Å². The van der Waals surface area contributed by atoms with Gasteiger partial charge in [-0.05, 0) is 75.6 Å². The third-order valence-electron chi connectivity index (χ3n) is 5.06. The summed E-state index contributed by atoms with van der Waals surface area (Å²) in [6, 6.07) is 16.1. The number of rotatable bonds is 6. The summed E-state index contributed by atoms with van der Waals surface area (Å²) in [6.07, 6.45) is 1.67. The Kier molecular flexibility index (Phi) is 6.17. The van der Waals surface area contributed by atoms with Crippen LogP contribution in [0.15, 0.2) is 53.6 Å². The van der Waals surface area contributed by atoms with Crippen LogP contribution in [-0.2, 0) is 4.79 Å². The number of hydrogen-bond donors (Lipinski definition) is 1. The van der Waals surface area contributed by atoms with Crippen molar-refractivity contribution in [2.75, 3.05) is 6.61 Å². The Morgan fingerprint density at radius 2 is 1.76 bits per heavy atom. The van der Waals surface area contributed by atoms with E-state index in [4.69, 9.17) is 4.74 Å². The maximum atomic E-state index is 12.0. The summed E-state index contributed by atoms with van der Waals surface area (Å²) in [5, 5.41) is 4.10. The summed E-state index contributed by atoms with van der Waals surface area (Å²) < 4.78 is 7.73. The van der Waals surface area contributed by atoms with E-state index in [9.17, 15) is 4.79 Å². The molecule has 0 spiro atoms. The third kappa shape index (κ3) is 4.74. The van der Waals surface area contributed by atoms with E-state index in [1.807, 2.05) is 38.1 Å². The van der Waals surface area contributed by atoms with Gasteiger partial charge in [-0.2, -0.15) is 5.10 Å². The monoisotopic (exact) mass is 389 g/mol. The minimum absolute atomic E-state index is 0.0795. The van der Waals surface area contributed by atoms with Gasteiger partial charge in [0.2, 0.25) is 0 Å². The van der Waals surface area contributed by atoms with Crippen molar-refractivity contribution in [2.24, 2.45) is 5.10 Å². The first-order valence-electron chi connectivity index (χ1n) is 9.63. The summed E-state index contributed by atoms with van der Waals surface area (Å²) in [6.45, 7) is 10.2. The highest BCUT2D eigenvalue weighted by Gasteiger charge is 2.10. The number of hydrogen-bond acceptors (Lipinski definition) is 3. The molecule has 0 radical (unpaired) electrons. The summed E-state index contributed by atoms with van der Waals surface area (Å²) >= 11 is 0. The number of carbonyl (C=O) groups excluding carboxylic acids is 1. The normalized spacial score (nSPS) is 11.1. The SMILES string of the molecule is Cc1ccc(-n2c(C)cc(/C=N/NC(=O)COc3ccccc3C)c2C)cc1C. The molecule has 5 nitrogen and oxygen atoms in total. The average Bonchev–Trinajstić information content (AvgIpc) is 2.97. The molecule has 1 heterocycles. The molecule has 3 rings (SSSR count). The molecule has 29 heavy (non-hydrogen) atoms.